The van der Waals surface area contributed by atoms with E-state index in [9.17, 15) is 4.79 Å². The van der Waals surface area contributed by atoms with Crippen LogP contribution in [0.5, 0.6) is 0 Å². The second kappa shape index (κ2) is 8.81. The number of halogens is 1. The van der Waals surface area contributed by atoms with Gasteiger partial charge in [0.1, 0.15) is 0 Å². The van der Waals surface area contributed by atoms with Gasteiger partial charge in [-0.2, -0.15) is 0 Å². The number of fused-ring (bicyclic) bond motifs is 1. The summed E-state index contributed by atoms with van der Waals surface area (Å²) >= 11 is 7.88. The Morgan fingerprint density at radius 2 is 2.12 bits per heavy atom. The van der Waals surface area contributed by atoms with Crippen molar-refractivity contribution in [1.82, 2.24) is 10.2 Å². The van der Waals surface area contributed by atoms with Crippen molar-refractivity contribution in [2.45, 2.75) is 31.8 Å². The minimum absolute atomic E-state index is 0.0673. The third-order valence-corrected chi connectivity index (χ3v) is 5.91. The first-order chi connectivity index (χ1) is 12.2. The molecule has 0 radical (unpaired) electrons. The predicted molar refractivity (Wildman–Crippen MR) is 104 cm³/mol. The summed E-state index contributed by atoms with van der Waals surface area (Å²) in [5.41, 5.74) is 8.08. The molecule has 1 aliphatic rings. The van der Waals surface area contributed by atoms with Gasteiger partial charge in [-0.1, -0.05) is 23.7 Å². The van der Waals surface area contributed by atoms with E-state index in [-0.39, 0.29) is 11.9 Å². The highest BCUT2D eigenvalue weighted by molar-refractivity contribution is 7.10. The summed E-state index contributed by atoms with van der Waals surface area (Å²) in [4.78, 5) is 16.0. The highest BCUT2D eigenvalue weighted by atomic mass is 35.5. The van der Waals surface area contributed by atoms with Crippen molar-refractivity contribution in [3.8, 4) is 0 Å². The highest BCUT2D eigenvalue weighted by Gasteiger charge is 2.25. The normalized spacial score (nSPS) is 15.6. The predicted octanol–water partition coefficient (Wildman–Crippen LogP) is 3.36. The van der Waals surface area contributed by atoms with Gasteiger partial charge in [0.25, 0.3) is 0 Å². The summed E-state index contributed by atoms with van der Waals surface area (Å²) in [5, 5.41) is 5.98. The second-order valence-corrected chi connectivity index (χ2v) is 7.79. The molecule has 3 N–H and O–H groups in total. The molecule has 1 amide bonds. The minimum Gasteiger partial charge on any atom is -0.354 e. The van der Waals surface area contributed by atoms with Crippen LogP contribution in [0.4, 0.5) is 0 Å². The van der Waals surface area contributed by atoms with Crippen LogP contribution in [0.3, 0.4) is 0 Å². The maximum atomic E-state index is 12.0. The molecule has 1 aromatic carbocycles. The molecule has 0 spiro atoms. The van der Waals surface area contributed by atoms with Crippen molar-refractivity contribution >= 4 is 28.8 Å². The van der Waals surface area contributed by atoms with Gasteiger partial charge >= 0.3 is 0 Å². The lowest BCUT2D eigenvalue weighted by atomic mass is 10.0. The molecule has 0 saturated heterocycles. The van der Waals surface area contributed by atoms with E-state index in [1.54, 1.807) is 0 Å². The number of benzene rings is 1. The van der Waals surface area contributed by atoms with E-state index in [0.29, 0.717) is 19.5 Å². The van der Waals surface area contributed by atoms with Crippen LogP contribution >= 0.6 is 22.9 Å². The molecule has 1 aliphatic heterocycles. The van der Waals surface area contributed by atoms with Crippen molar-refractivity contribution in [3.63, 3.8) is 0 Å². The number of rotatable bonds is 7. The van der Waals surface area contributed by atoms with E-state index >= 15 is 0 Å². The van der Waals surface area contributed by atoms with Crippen LogP contribution in [0.25, 0.3) is 0 Å². The zero-order chi connectivity index (χ0) is 17.6. The average molecular weight is 378 g/mol. The summed E-state index contributed by atoms with van der Waals surface area (Å²) in [6.07, 6.45) is 2.27. The number of amides is 1. The number of thiophene rings is 1. The smallest absolute Gasteiger partial charge is 0.220 e. The average Bonchev–Trinajstić information content (AvgIpc) is 3.09. The Morgan fingerprint density at radius 1 is 1.32 bits per heavy atom. The van der Waals surface area contributed by atoms with Gasteiger partial charge < -0.3 is 11.1 Å². The monoisotopic (exact) mass is 377 g/mol. The van der Waals surface area contributed by atoms with Gasteiger partial charge in [0.15, 0.2) is 0 Å². The van der Waals surface area contributed by atoms with Crippen LogP contribution in [0.15, 0.2) is 35.7 Å². The number of nitrogens with zero attached hydrogens (tertiary/aromatic N) is 1. The SMILES string of the molecule is NCCCC(=O)NCC(c1ccc(Cl)cc1)N1CCc2sccc2C1. The molecule has 2 aromatic rings. The molecular formula is C19H24ClN3OS. The third-order valence-electron chi connectivity index (χ3n) is 4.63. The maximum absolute atomic E-state index is 12.0. The zero-order valence-electron chi connectivity index (χ0n) is 14.2. The van der Waals surface area contributed by atoms with E-state index < -0.39 is 0 Å². The minimum atomic E-state index is 0.0673. The van der Waals surface area contributed by atoms with E-state index in [1.807, 2.05) is 23.5 Å². The molecular weight excluding hydrogens is 354 g/mol. The number of carbonyl (C=O) groups excluding carboxylic acids is 1. The van der Waals surface area contributed by atoms with Crippen LogP contribution in [-0.2, 0) is 17.8 Å². The van der Waals surface area contributed by atoms with E-state index in [0.717, 1.165) is 31.0 Å². The fourth-order valence-corrected chi connectivity index (χ4v) is 4.26. The van der Waals surface area contributed by atoms with Gasteiger partial charge in [0, 0.05) is 36.0 Å². The quantitative estimate of drug-likeness (QED) is 0.777. The molecule has 3 rings (SSSR count). The Hall–Kier alpha value is -1.40. The number of hydrogen-bond donors (Lipinski definition) is 2. The van der Waals surface area contributed by atoms with Crippen LogP contribution in [0.1, 0.15) is 34.9 Å². The third kappa shape index (κ3) is 4.82. The molecule has 25 heavy (non-hydrogen) atoms. The molecule has 0 bridgehead atoms. The Morgan fingerprint density at radius 3 is 2.88 bits per heavy atom. The van der Waals surface area contributed by atoms with Crippen LogP contribution in [0, 0.1) is 0 Å². The van der Waals surface area contributed by atoms with Gasteiger partial charge in [-0.05, 0) is 54.1 Å². The van der Waals surface area contributed by atoms with Crippen LogP contribution in [0.2, 0.25) is 5.02 Å². The molecule has 2 heterocycles. The van der Waals surface area contributed by atoms with Crippen molar-refractivity contribution in [2.75, 3.05) is 19.6 Å². The molecule has 1 aromatic heterocycles. The first-order valence-electron chi connectivity index (χ1n) is 8.69. The van der Waals surface area contributed by atoms with Gasteiger partial charge in [0.05, 0.1) is 6.04 Å². The lowest BCUT2D eigenvalue weighted by Gasteiger charge is -2.35. The van der Waals surface area contributed by atoms with Gasteiger partial charge in [-0.15, -0.1) is 11.3 Å². The molecule has 134 valence electrons. The van der Waals surface area contributed by atoms with E-state index in [1.165, 1.54) is 16.0 Å². The summed E-state index contributed by atoms with van der Waals surface area (Å²) in [6, 6.07) is 10.3. The number of carbonyl (C=O) groups is 1. The Balaban J connectivity index is 1.73. The first kappa shape index (κ1) is 18.4. The number of nitrogens with one attached hydrogen (secondary N) is 1. The van der Waals surface area contributed by atoms with Gasteiger partial charge in [0.2, 0.25) is 5.91 Å². The Bertz CT molecular complexity index is 701. The number of hydrogen-bond acceptors (Lipinski definition) is 4. The summed E-state index contributed by atoms with van der Waals surface area (Å²) in [7, 11) is 0. The Labute approximate surface area is 158 Å². The first-order valence-corrected chi connectivity index (χ1v) is 9.94. The highest BCUT2D eigenvalue weighted by Crippen LogP contribution is 2.30. The van der Waals surface area contributed by atoms with Gasteiger partial charge in [-0.25, -0.2) is 0 Å². The van der Waals surface area contributed by atoms with Crippen molar-refractivity contribution in [3.05, 3.63) is 56.7 Å². The molecule has 1 unspecified atom stereocenters. The summed E-state index contributed by atoms with van der Waals surface area (Å²) in [5.74, 6) is 0.0673. The summed E-state index contributed by atoms with van der Waals surface area (Å²) < 4.78 is 0. The second-order valence-electron chi connectivity index (χ2n) is 6.35. The molecule has 0 aliphatic carbocycles. The lowest BCUT2D eigenvalue weighted by molar-refractivity contribution is -0.121. The molecule has 6 heteroatoms. The van der Waals surface area contributed by atoms with Crippen LogP contribution in [-0.4, -0.2) is 30.4 Å². The zero-order valence-corrected chi connectivity index (χ0v) is 15.8. The summed E-state index contributed by atoms with van der Waals surface area (Å²) in [6.45, 7) is 3.07. The molecule has 4 nitrogen and oxygen atoms in total. The van der Waals surface area contributed by atoms with Gasteiger partial charge in [-0.3, -0.25) is 9.69 Å². The fraction of sp³-hybridized carbons (Fsp3) is 0.421. The van der Waals surface area contributed by atoms with E-state index in [2.05, 4.69) is 33.8 Å². The molecule has 1 atom stereocenters. The topological polar surface area (TPSA) is 58.4 Å². The van der Waals surface area contributed by atoms with Crippen molar-refractivity contribution < 1.29 is 4.79 Å². The van der Waals surface area contributed by atoms with E-state index in [4.69, 9.17) is 17.3 Å². The lowest BCUT2D eigenvalue weighted by Crippen LogP contribution is -2.40. The largest absolute Gasteiger partial charge is 0.354 e. The Kier molecular flexibility index (Phi) is 6.48. The molecule has 0 saturated carbocycles. The standard InChI is InChI=1S/C19H24ClN3OS/c20-16-5-3-14(4-6-16)17(12-22-19(24)2-1-9-21)23-10-7-18-15(13-23)8-11-25-18/h3-6,8,11,17H,1-2,7,9-10,12-13,21H2,(H,22,24). The van der Waals surface area contributed by atoms with Crippen LogP contribution < -0.4 is 11.1 Å². The maximum Gasteiger partial charge on any atom is 0.220 e. The van der Waals surface area contributed by atoms with Crippen molar-refractivity contribution in [1.29, 1.82) is 0 Å². The van der Waals surface area contributed by atoms with Crippen molar-refractivity contribution in [2.24, 2.45) is 5.73 Å². The molecule has 0 fully saturated rings. The fourth-order valence-electron chi connectivity index (χ4n) is 3.24. The number of nitrogens with two attached hydrogens (primary N) is 1.